The fourth-order valence-corrected chi connectivity index (χ4v) is 3.82. The molecule has 2 heterocycles. The zero-order valence-corrected chi connectivity index (χ0v) is 17.6. The normalized spacial score (nSPS) is 15.3. The van der Waals surface area contributed by atoms with Gasteiger partial charge in [-0.15, -0.1) is 0 Å². The predicted molar refractivity (Wildman–Crippen MR) is 115 cm³/mol. The summed E-state index contributed by atoms with van der Waals surface area (Å²) in [7, 11) is 0. The minimum absolute atomic E-state index is 0.0658. The summed E-state index contributed by atoms with van der Waals surface area (Å²) in [4.78, 5) is 19.4. The second-order valence-electron chi connectivity index (χ2n) is 8.07. The van der Waals surface area contributed by atoms with Crippen LogP contribution in [0.15, 0.2) is 53.1 Å². The fraction of sp³-hybridized carbons (Fsp3) is 0.375. The van der Waals surface area contributed by atoms with Crippen LogP contribution in [-0.2, 0) is 17.9 Å². The Hall–Kier alpha value is -2.99. The third kappa shape index (κ3) is 4.94. The predicted octanol–water partition coefficient (Wildman–Crippen LogP) is 3.88. The van der Waals surface area contributed by atoms with Crippen molar-refractivity contribution in [3.05, 3.63) is 71.1 Å². The van der Waals surface area contributed by atoms with Crippen molar-refractivity contribution in [1.29, 1.82) is 0 Å². The summed E-state index contributed by atoms with van der Waals surface area (Å²) in [6.45, 7) is 7.04. The number of benzene rings is 2. The van der Waals surface area contributed by atoms with Crippen molar-refractivity contribution < 1.29 is 9.32 Å². The van der Waals surface area contributed by atoms with Gasteiger partial charge in [0.25, 0.3) is 0 Å². The average molecular weight is 405 g/mol. The molecule has 0 unspecified atom stereocenters. The number of piperidine rings is 1. The zero-order chi connectivity index (χ0) is 20.9. The summed E-state index contributed by atoms with van der Waals surface area (Å²) in [5, 5.41) is 7.21. The van der Waals surface area contributed by atoms with E-state index in [0.29, 0.717) is 24.8 Å². The van der Waals surface area contributed by atoms with Gasteiger partial charge in [0.2, 0.25) is 17.6 Å². The van der Waals surface area contributed by atoms with E-state index in [9.17, 15) is 4.79 Å². The van der Waals surface area contributed by atoms with Gasteiger partial charge in [0.05, 0.1) is 6.54 Å². The highest BCUT2D eigenvalue weighted by Crippen LogP contribution is 2.21. The Bertz CT molecular complexity index is 988. The van der Waals surface area contributed by atoms with Crippen molar-refractivity contribution in [2.75, 3.05) is 13.1 Å². The van der Waals surface area contributed by atoms with Crippen LogP contribution >= 0.6 is 0 Å². The first kappa shape index (κ1) is 20.3. The van der Waals surface area contributed by atoms with Crippen LogP contribution in [0.2, 0.25) is 0 Å². The van der Waals surface area contributed by atoms with Gasteiger partial charge in [-0.25, -0.2) is 0 Å². The van der Waals surface area contributed by atoms with Crippen molar-refractivity contribution in [1.82, 2.24) is 20.4 Å². The molecule has 0 aliphatic carbocycles. The van der Waals surface area contributed by atoms with Crippen LogP contribution in [0.25, 0.3) is 11.4 Å². The van der Waals surface area contributed by atoms with Crippen LogP contribution in [0.3, 0.4) is 0 Å². The summed E-state index contributed by atoms with van der Waals surface area (Å²) in [5.41, 5.74) is 4.54. The smallest absolute Gasteiger partial charge is 0.241 e. The van der Waals surface area contributed by atoms with Gasteiger partial charge >= 0.3 is 0 Å². The van der Waals surface area contributed by atoms with Gasteiger partial charge in [0.1, 0.15) is 0 Å². The molecule has 0 radical (unpaired) electrons. The maximum atomic E-state index is 12.6. The van der Waals surface area contributed by atoms with Crippen LogP contribution in [0, 0.1) is 19.8 Å². The molecule has 0 saturated carbocycles. The summed E-state index contributed by atoms with van der Waals surface area (Å²) >= 11 is 0. The third-order valence-electron chi connectivity index (χ3n) is 5.81. The molecule has 6 nitrogen and oxygen atoms in total. The number of amides is 1. The SMILES string of the molecule is Cc1ccc(-c2noc(CN3CCC(C(=O)NCc4ccccc4C)CC3)n2)cc1. The van der Waals surface area contributed by atoms with Crippen molar-refractivity contribution in [3.8, 4) is 11.4 Å². The molecule has 6 heteroatoms. The van der Waals surface area contributed by atoms with E-state index in [2.05, 4.69) is 46.3 Å². The van der Waals surface area contributed by atoms with Crippen molar-refractivity contribution >= 4 is 5.91 Å². The van der Waals surface area contributed by atoms with Gasteiger partial charge < -0.3 is 9.84 Å². The number of likely N-dealkylation sites (tertiary alicyclic amines) is 1. The van der Waals surface area contributed by atoms with Crippen LogP contribution in [0.5, 0.6) is 0 Å². The molecule has 1 fully saturated rings. The first-order valence-corrected chi connectivity index (χ1v) is 10.5. The highest BCUT2D eigenvalue weighted by Gasteiger charge is 2.26. The van der Waals surface area contributed by atoms with E-state index in [-0.39, 0.29) is 11.8 Å². The van der Waals surface area contributed by atoms with E-state index in [1.165, 1.54) is 16.7 Å². The monoisotopic (exact) mass is 404 g/mol. The Morgan fingerprint density at radius 3 is 2.57 bits per heavy atom. The Morgan fingerprint density at radius 1 is 1.10 bits per heavy atom. The third-order valence-corrected chi connectivity index (χ3v) is 5.81. The molecule has 156 valence electrons. The van der Waals surface area contributed by atoms with Crippen molar-refractivity contribution in [2.45, 2.75) is 39.8 Å². The highest BCUT2D eigenvalue weighted by molar-refractivity contribution is 5.78. The first-order valence-electron chi connectivity index (χ1n) is 10.5. The summed E-state index contributed by atoms with van der Waals surface area (Å²) in [6.07, 6.45) is 1.69. The van der Waals surface area contributed by atoms with Gasteiger partial charge in [0, 0.05) is 18.0 Å². The lowest BCUT2D eigenvalue weighted by molar-refractivity contribution is -0.126. The number of aryl methyl sites for hydroxylation is 2. The lowest BCUT2D eigenvalue weighted by Crippen LogP contribution is -2.40. The largest absolute Gasteiger partial charge is 0.352 e. The van der Waals surface area contributed by atoms with Gasteiger partial charge in [-0.3, -0.25) is 9.69 Å². The lowest BCUT2D eigenvalue weighted by atomic mass is 9.95. The highest BCUT2D eigenvalue weighted by atomic mass is 16.5. The van der Waals surface area contributed by atoms with Gasteiger partial charge in [-0.2, -0.15) is 4.98 Å². The Morgan fingerprint density at radius 2 is 1.83 bits per heavy atom. The molecule has 0 bridgehead atoms. The molecule has 4 rings (SSSR count). The number of hydrogen-bond donors (Lipinski definition) is 1. The molecule has 1 amide bonds. The van der Waals surface area contributed by atoms with E-state index in [1.807, 2.05) is 36.4 Å². The van der Waals surface area contributed by atoms with Gasteiger partial charge in [-0.1, -0.05) is 59.3 Å². The molecule has 1 aromatic heterocycles. The number of nitrogens with one attached hydrogen (secondary N) is 1. The topological polar surface area (TPSA) is 71.3 Å². The fourth-order valence-electron chi connectivity index (χ4n) is 3.82. The molecule has 1 aliphatic heterocycles. The van der Waals surface area contributed by atoms with Gasteiger partial charge in [-0.05, 0) is 50.9 Å². The Kier molecular flexibility index (Phi) is 6.23. The average Bonchev–Trinajstić information content (AvgIpc) is 3.22. The molecular formula is C24H28N4O2. The molecule has 0 spiro atoms. The van der Waals surface area contributed by atoms with Crippen LogP contribution in [-0.4, -0.2) is 34.0 Å². The van der Waals surface area contributed by atoms with E-state index in [0.717, 1.165) is 31.5 Å². The lowest BCUT2D eigenvalue weighted by Gasteiger charge is -2.30. The zero-order valence-electron chi connectivity index (χ0n) is 17.6. The number of rotatable bonds is 6. The van der Waals surface area contributed by atoms with E-state index >= 15 is 0 Å². The van der Waals surface area contributed by atoms with Gasteiger partial charge in [0.15, 0.2) is 0 Å². The molecule has 1 saturated heterocycles. The maximum absolute atomic E-state index is 12.6. The molecular weight excluding hydrogens is 376 g/mol. The van der Waals surface area contributed by atoms with E-state index < -0.39 is 0 Å². The maximum Gasteiger partial charge on any atom is 0.241 e. The molecule has 1 N–H and O–H groups in total. The first-order chi connectivity index (χ1) is 14.6. The summed E-state index contributed by atoms with van der Waals surface area (Å²) in [6, 6.07) is 16.3. The van der Waals surface area contributed by atoms with E-state index in [4.69, 9.17) is 4.52 Å². The number of carbonyl (C=O) groups excluding carboxylic acids is 1. The number of nitrogens with zero attached hydrogens (tertiary/aromatic N) is 3. The minimum Gasteiger partial charge on any atom is -0.352 e. The number of aromatic nitrogens is 2. The molecule has 30 heavy (non-hydrogen) atoms. The summed E-state index contributed by atoms with van der Waals surface area (Å²) in [5.74, 6) is 1.46. The number of hydrogen-bond acceptors (Lipinski definition) is 5. The second kappa shape index (κ2) is 9.22. The standard InChI is InChI=1S/C24H28N4O2/c1-17-7-9-19(10-8-17)23-26-22(30-27-23)16-28-13-11-20(12-14-28)24(29)25-15-21-6-4-3-5-18(21)2/h3-10,20H,11-16H2,1-2H3,(H,25,29). The molecule has 1 aliphatic rings. The van der Waals surface area contributed by atoms with Crippen molar-refractivity contribution in [3.63, 3.8) is 0 Å². The molecule has 2 aromatic carbocycles. The van der Waals surface area contributed by atoms with Crippen molar-refractivity contribution in [2.24, 2.45) is 5.92 Å². The Labute approximate surface area is 177 Å². The van der Waals surface area contributed by atoms with Crippen LogP contribution in [0.1, 0.15) is 35.4 Å². The minimum atomic E-state index is 0.0658. The quantitative estimate of drug-likeness (QED) is 0.675. The molecule has 3 aromatic rings. The molecule has 0 atom stereocenters. The Balaban J connectivity index is 1.25. The van der Waals surface area contributed by atoms with Crippen LogP contribution < -0.4 is 5.32 Å². The summed E-state index contributed by atoms with van der Waals surface area (Å²) < 4.78 is 5.44. The van der Waals surface area contributed by atoms with Crippen LogP contribution in [0.4, 0.5) is 0 Å². The second-order valence-corrected chi connectivity index (χ2v) is 8.07. The number of carbonyl (C=O) groups is 1. The van der Waals surface area contributed by atoms with E-state index in [1.54, 1.807) is 0 Å².